The van der Waals surface area contributed by atoms with Crippen LogP contribution < -0.4 is 0 Å². The summed E-state index contributed by atoms with van der Waals surface area (Å²) in [6.07, 6.45) is 4.37. The number of aromatic nitrogens is 2. The highest BCUT2D eigenvalue weighted by Crippen LogP contribution is 2.24. The predicted molar refractivity (Wildman–Crippen MR) is 72.8 cm³/mol. The summed E-state index contributed by atoms with van der Waals surface area (Å²) in [4.78, 5) is 8.80. The van der Waals surface area contributed by atoms with Crippen LogP contribution in [-0.4, -0.2) is 9.97 Å². The zero-order chi connectivity index (χ0) is 12.3. The second-order valence-corrected chi connectivity index (χ2v) is 4.84. The number of hydrogen-bond donors (Lipinski definition) is 0. The maximum absolute atomic E-state index is 6.14. The van der Waals surface area contributed by atoms with Crippen molar-refractivity contribution < 1.29 is 0 Å². The smallest absolute Gasteiger partial charge is 0.140 e. The molecule has 0 aliphatic carbocycles. The van der Waals surface area contributed by atoms with Crippen LogP contribution >= 0.6 is 23.2 Å². The van der Waals surface area contributed by atoms with Crippen molar-refractivity contribution in [1.82, 2.24) is 9.97 Å². The van der Waals surface area contributed by atoms with Crippen molar-refractivity contribution >= 4 is 34.1 Å². The molecule has 90 valence electrons. The lowest BCUT2D eigenvalue weighted by Crippen LogP contribution is -1.96. The van der Waals surface area contributed by atoms with Crippen molar-refractivity contribution in [1.29, 1.82) is 0 Å². The van der Waals surface area contributed by atoms with E-state index in [1.807, 2.05) is 12.1 Å². The van der Waals surface area contributed by atoms with Gasteiger partial charge in [-0.2, -0.15) is 0 Å². The van der Waals surface area contributed by atoms with Crippen LogP contribution in [0.2, 0.25) is 10.2 Å². The van der Waals surface area contributed by atoms with Gasteiger partial charge in [-0.05, 0) is 24.6 Å². The van der Waals surface area contributed by atoms with Crippen LogP contribution in [-0.2, 0) is 6.42 Å². The normalized spacial score (nSPS) is 11.0. The molecule has 1 aromatic heterocycles. The number of fused-ring (bicyclic) bond motifs is 1. The van der Waals surface area contributed by atoms with E-state index in [1.165, 1.54) is 12.8 Å². The Labute approximate surface area is 111 Å². The van der Waals surface area contributed by atoms with E-state index >= 15 is 0 Å². The lowest BCUT2D eigenvalue weighted by molar-refractivity contribution is 0.696. The topological polar surface area (TPSA) is 25.8 Å². The Balaban J connectivity index is 2.32. The number of hydrogen-bond acceptors (Lipinski definition) is 2. The van der Waals surface area contributed by atoms with E-state index in [-0.39, 0.29) is 0 Å². The highest BCUT2D eigenvalue weighted by atomic mass is 35.5. The summed E-state index contributed by atoms with van der Waals surface area (Å²) < 4.78 is 0. The Morgan fingerprint density at radius 2 is 1.94 bits per heavy atom. The van der Waals surface area contributed by atoms with Crippen LogP contribution in [0.5, 0.6) is 0 Å². The molecule has 4 heteroatoms. The molecule has 0 spiro atoms. The molecule has 0 aliphatic rings. The molecule has 0 aliphatic heterocycles. The fourth-order valence-electron chi connectivity index (χ4n) is 1.75. The van der Waals surface area contributed by atoms with Gasteiger partial charge >= 0.3 is 0 Å². The summed E-state index contributed by atoms with van der Waals surface area (Å²) in [5.41, 5.74) is 0.862. The molecular weight excluding hydrogens is 255 g/mol. The minimum atomic E-state index is 0.490. The van der Waals surface area contributed by atoms with Crippen LogP contribution in [0.4, 0.5) is 0 Å². The van der Waals surface area contributed by atoms with Crippen molar-refractivity contribution in [3.05, 3.63) is 34.2 Å². The summed E-state index contributed by atoms with van der Waals surface area (Å²) in [5, 5.41) is 1.96. The number of halogens is 2. The Bertz CT molecular complexity index is 526. The molecule has 0 saturated carbocycles. The Hall–Kier alpha value is -0.860. The average Bonchev–Trinajstić information content (AvgIpc) is 2.31. The van der Waals surface area contributed by atoms with Crippen LogP contribution in [0, 0.1) is 0 Å². The first kappa shape index (κ1) is 12.6. The third-order valence-electron chi connectivity index (χ3n) is 2.66. The van der Waals surface area contributed by atoms with Gasteiger partial charge in [0.2, 0.25) is 0 Å². The SMILES string of the molecule is CCCCCc1nc(Cl)c2cc(Cl)ccc2n1. The summed E-state index contributed by atoms with van der Waals surface area (Å²) in [6.45, 7) is 2.18. The Morgan fingerprint density at radius 1 is 1.12 bits per heavy atom. The van der Waals surface area contributed by atoms with E-state index in [0.29, 0.717) is 10.2 Å². The van der Waals surface area contributed by atoms with Crippen LogP contribution in [0.1, 0.15) is 32.0 Å². The van der Waals surface area contributed by atoms with Gasteiger partial charge in [-0.3, -0.25) is 0 Å². The van der Waals surface area contributed by atoms with Crippen LogP contribution in [0.15, 0.2) is 18.2 Å². The van der Waals surface area contributed by atoms with E-state index in [2.05, 4.69) is 16.9 Å². The Morgan fingerprint density at radius 3 is 2.71 bits per heavy atom. The highest BCUT2D eigenvalue weighted by molar-refractivity contribution is 6.35. The van der Waals surface area contributed by atoms with E-state index < -0.39 is 0 Å². The summed E-state index contributed by atoms with van der Waals surface area (Å²) in [5.74, 6) is 0.818. The fraction of sp³-hybridized carbons (Fsp3) is 0.385. The molecule has 17 heavy (non-hydrogen) atoms. The minimum Gasteiger partial charge on any atom is -0.233 e. The van der Waals surface area contributed by atoms with E-state index in [0.717, 1.165) is 29.6 Å². The molecular formula is C13H14Cl2N2. The van der Waals surface area contributed by atoms with E-state index in [9.17, 15) is 0 Å². The van der Waals surface area contributed by atoms with Crippen LogP contribution in [0.25, 0.3) is 10.9 Å². The zero-order valence-corrected chi connectivity index (χ0v) is 11.2. The van der Waals surface area contributed by atoms with Gasteiger partial charge in [-0.1, -0.05) is 43.0 Å². The molecule has 0 saturated heterocycles. The maximum atomic E-state index is 6.14. The average molecular weight is 269 g/mol. The molecule has 2 aromatic rings. The van der Waals surface area contributed by atoms with Gasteiger partial charge < -0.3 is 0 Å². The third kappa shape index (κ3) is 3.08. The fourth-order valence-corrected chi connectivity index (χ4v) is 2.17. The number of aryl methyl sites for hydroxylation is 1. The van der Waals surface area contributed by atoms with Gasteiger partial charge in [0.25, 0.3) is 0 Å². The number of unbranched alkanes of at least 4 members (excludes halogenated alkanes) is 2. The van der Waals surface area contributed by atoms with Crippen molar-refractivity contribution in [2.75, 3.05) is 0 Å². The van der Waals surface area contributed by atoms with Crippen molar-refractivity contribution in [2.24, 2.45) is 0 Å². The molecule has 0 unspecified atom stereocenters. The first-order valence-electron chi connectivity index (χ1n) is 5.82. The molecule has 2 nitrogen and oxygen atoms in total. The molecule has 2 rings (SSSR count). The molecule has 0 bridgehead atoms. The molecule has 1 aromatic carbocycles. The first-order valence-corrected chi connectivity index (χ1v) is 6.58. The summed E-state index contributed by atoms with van der Waals surface area (Å²) >= 11 is 12.1. The second-order valence-electron chi connectivity index (χ2n) is 4.05. The quantitative estimate of drug-likeness (QED) is 0.595. The molecule has 0 fully saturated rings. The van der Waals surface area contributed by atoms with Crippen molar-refractivity contribution in [3.63, 3.8) is 0 Å². The van der Waals surface area contributed by atoms with Crippen molar-refractivity contribution in [2.45, 2.75) is 32.6 Å². The molecule has 0 atom stereocenters. The van der Waals surface area contributed by atoms with Gasteiger partial charge in [-0.15, -0.1) is 0 Å². The van der Waals surface area contributed by atoms with Crippen LogP contribution in [0.3, 0.4) is 0 Å². The standard InChI is InChI=1S/C13H14Cl2N2/c1-2-3-4-5-12-16-11-7-6-9(14)8-10(11)13(15)17-12/h6-8H,2-5H2,1H3. The number of nitrogens with zero attached hydrogens (tertiary/aromatic N) is 2. The van der Waals surface area contributed by atoms with Gasteiger partial charge in [-0.25, -0.2) is 9.97 Å². The summed E-state index contributed by atoms with van der Waals surface area (Å²) in [7, 11) is 0. The molecule has 0 amide bonds. The van der Waals surface area contributed by atoms with E-state index in [1.54, 1.807) is 6.07 Å². The lowest BCUT2D eigenvalue weighted by atomic mass is 10.2. The third-order valence-corrected chi connectivity index (χ3v) is 3.18. The molecule has 0 N–H and O–H groups in total. The van der Waals surface area contributed by atoms with E-state index in [4.69, 9.17) is 23.2 Å². The lowest BCUT2D eigenvalue weighted by Gasteiger charge is -2.04. The molecule has 0 radical (unpaired) electrons. The first-order chi connectivity index (χ1) is 8.20. The highest BCUT2D eigenvalue weighted by Gasteiger charge is 2.06. The zero-order valence-electron chi connectivity index (χ0n) is 9.71. The molecule has 1 heterocycles. The Kier molecular flexibility index (Phi) is 4.19. The largest absolute Gasteiger partial charge is 0.233 e. The second kappa shape index (κ2) is 5.65. The van der Waals surface area contributed by atoms with Gasteiger partial charge in [0.1, 0.15) is 11.0 Å². The number of rotatable bonds is 4. The van der Waals surface area contributed by atoms with Gasteiger partial charge in [0.15, 0.2) is 0 Å². The maximum Gasteiger partial charge on any atom is 0.140 e. The van der Waals surface area contributed by atoms with Gasteiger partial charge in [0, 0.05) is 16.8 Å². The predicted octanol–water partition coefficient (Wildman–Crippen LogP) is 4.67. The number of benzene rings is 1. The summed E-state index contributed by atoms with van der Waals surface area (Å²) in [6, 6.07) is 5.51. The minimum absolute atomic E-state index is 0.490. The monoisotopic (exact) mass is 268 g/mol. The van der Waals surface area contributed by atoms with Gasteiger partial charge in [0.05, 0.1) is 5.52 Å². The van der Waals surface area contributed by atoms with Crippen molar-refractivity contribution in [3.8, 4) is 0 Å².